The van der Waals surface area contributed by atoms with Gasteiger partial charge in [0, 0.05) is 63.6 Å². The molecule has 0 aliphatic carbocycles. The van der Waals surface area contributed by atoms with E-state index >= 15 is 0 Å². The van der Waals surface area contributed by atoms with Gasteiger partial charge in [-0.05, 0) is 37.1 Å². The van der Waals surface area contributed by atoms with Gasteiger partial charge in [-0.1, -0.05) is 6.07 Å². The summed E-state index contributed by atoms with van der Waals surface area (Å²) in [6, 6.07) is 8.22. The summed E-state index contributed by atoms with van der Waals surface area (Å²) in [7, 11) is 0. The van der Waals surface area contributed by atoms with Crippen LogP contribution in [0.1, 0.15) is 24.1 Å². The van der Waals surface area contributed by atoms with Crippen molar-refractivity contribution >= 4 is 24.8 Å². The van der Waals surface area contributed by atoms with Crippen LogP contribution in [0.3, 0.4) is 0 Å². The minimum Gasteiger partial charge on any atom is -0.454 e. The first kappa shape index (κ1) is 25.6. The number of aromatic amines is 2. The molecule has 5 rings (SSSR count). The van der Waals surface area contributed by atoms with Crippen LogP contribution in [0, 0.1) is 0 Å². The first-order valence-electron chi connectivity index (χ1n) is 11.0. The molecule has 0 saturated carbocycles. The minimum absolute atomic E-state index is 0. The zero-order chi connectivity index (χ0) is 21.2. The SMILES string of the molecule is Cl.Cl.O=c1cc(CN2CCCC(N3CCN(Cc4ccc5c(c4)OCO5)CC3)C2)[nH]c(=O)[nH]1. The average molecular weight is 500 g/mol. The summed E-state index contributed by atoms with van der Waals surface area (Å²) >= 11 is 0. The number of benzene rings is 1. The number of hydrogen-bond donors (Lipinski definition) is 2. The van der Waals surface area contributed by atoms with Crippen LogP contribution in [0.5, 0.6) is 11.5 Å². The Morgan fingerprint density at radius 1 is 0.879 bits per heavy atom. The summed E-state index contributed by atoms with van der Waals surface area (Å²) in [5.41, 5.74) is 1.16. The van der Waals surface area contributed by atoms with Crippen molar-refractivity contribution in [3.05, 3.63) is 56.4 Å². The highest BCUT2D eigenvalue weighted by molar-refractivity contribution is 5.85. The van der Waals surface area contributed by atoms with E-state index in [0.29, 0.717) is 25.1 Å². The maximum absolute atomic E-state index is 11.6. The number of halogens is 2. The zero-order valence-electron chi connectivity index (χ0n) is 18.5. The molecule has 2 aromatic rings. The lowest BCUT2D eigenvalue weighted by Crippen LogP contribution is -2.54. The average Bonchev–Trinajstić information content (AvgIpc) is 3.22. The summed E-state index contributed by atoms with van der Waals surface area (Å²) in [6.45, 7) is 8.03. The Hall–Kier alpha value is -2.04. The highest BCUT2D eigenvalue weighted by Gasteiger charge is 2.28. The molecular weight excluding hydrogens is 469 g/mol. The van der Waals surface area contributed by atoms with E-state index in [1.54, 1.807) is 0 Å². The quantitative estimate of drug-likeness (QED) is 0.642. The Morgan fingerprint density at radius 3 is 2.45 bits per heavy atom. The molecule has 0 spiro atoms. The zero-order valence-corrected chi connectivity index (χ0v) is 20.1. The van der Waals surface area contributed by atoms with Gasteiger partial charge in [0.25, 0.3) is 5.56 Å². The van der Waals surface area contributed by atoms with Crippen molar-refractivity contribution in [1.29, 1.82) is 0 Å². The first-order chi connectivity index (χ1) is 15.1. The molecule has 2 fully saturated rings. The summed E-state index contributed by atoms with van der Waals surface area (Å²) < 4.78 is 10.9. The van der Waals surface area contributed by atoms with E-state index in [-0.39, 0.29) is 30.4 Å². The Bertz CT molecular complexity index is 1010. The maximum Gasteiger partial charge on any atom is 0.325 e. The Kier molecular flexibility index (Phi) is 8.83. The monoisotopic (exact) mass is 499 g/mol. The fourth-order valence-corrected chi connectivity index (χ4v) is 4.90. The van der Waals surface area contributed by atoms with Gasteiger partial charge >= 0.3 is 5.69 Å². The molecule has 1 aromatic carbocycles. The molecule has 11 heteroatoms. The Labute approximate surface area is 204 Å². The predicted molar refractivity (Wildman–Crippen MR) is 130 cm³/mol. The number of piperidine rings is 1. The van der Waals surface area contributed by atoms with Crippen LogP contribution in [0.4, 0.5) is 0 Å². The van der Waals surface area contributed by atoms with Gasteiger partial charge in [-0.15, -0.1) is 24.8 Å². The van der Waals surface area contributed by atoms with Crippen LogP contribution >= 0.6 is 24.8 Å². The fraction of sp³-hybridized carbons (Fsp3) is 0.545. The number of aromatic nitrogens is 2. The van der Waals surface area contributed by atoms with Crippen LogP contribution in [0.2, 0.25) is 0 Å². The predicted octanol–water partition coefficient (Wildman–Crippen LogP) is 1.42. The van der Waals surface area contributed by atoms with Gasteiger partial charge in [0.2, 0.25) is 6.79 Å². The van der Waals surface area contributed by atoms with E-state index in [4.69, 9.17) is 9.47 Å². The van der Waals surface area contributed by atoms with Gasteiger partial charge in [-0.3, -0.25) is 24.5 Å². The number of nitrogens with one attached hydrogen (secondary N) is 2. The molecule has 2 N–H and O–H groups in total. The molecule has 3 aliphatic heterocycles. The lowest BCUT2D eigenvalue weighted by atomic mass is 10.0. The number of nitrogens with zero attached hydrogens (tertiary/aromatic N) is 3. The van der Waals surface area contributed by atoms with Gasteiger partial charge in [-0.25, -0.2) is 4.79 Å². The smallest absolute Gasteiger partial charge is 0.325 e. The van der Waals surface area contributed by atoms with Crippen molar-refractivity contribution in [2.45, 2.75) is 32.0 Å². The maximum atomic E-state index is 11.6. The molecule has 0 amide bonds. The van der Waals surface area contributed by atoms with E-state index < -0.39 is 5.69 Å². The lowest BCUT2D eigenvalue weighted by Gasteiger charge is -2.43. The molecule has 2 saturated heterocycles. The van der Waals surface area contributed by atoms with Crippen molar-refractivity contribution < 1.29 is 9.47 Å². The highest BCUT2D eigenvalue weighted by Crippen LogP contribution is 2.33. The van der Waals surface area contributed by atoms with E-state index in [1.165, 1.54) is 18.1 Å². The topological polar surface area (TPSA) is 93.9 Å². The number of hydrogen-bond acceptors (Lipinski definition) is 7. The lowest BCUT2D eigenvalue weighted by molar-refractivity contribution is 0.0473. The molecule has 9 nitrogen and oxygen atoms in total. The third-order valence-corrected chi connectivity index (χ3v) is 6.46. The van der Waals surface area contributed by atoms with E-state index in [9.17, 15) is 9.59 Å². The molecule has 182 valence electrons. The molecule has 3 aliphatic rings. The summed E-state index contributed by atoms with van der Waals surface area (Å²) in [4.78, 5) is 35.5. The number of piperazine rings is 1. The third kappa shape index (κ3) is 6.30. The van der Waals surface area contributed by atoms with Gasteiger partial charge in [-0.2, -0.15) is 0 Å². The molecule has 1 atom stereocenters. The fourth-order valence-electron chi connectivity index (χ4n) is 4.90. The first-order valence-corrected chi connectivity index (χ1v) is 11.0. The van der Waals surface area contributed by atoms with Crippen molar-refractivity contribution in [1.82, 2.24) is 24.7 Å². The molecular formula is C22H31Cl2N5O4. The molecule has 1 aromatic heterocycles. The second-order valence-electron chi connectivity index (χ2n) is 8.64. The van der Waals surface area contributed by atoms with Crippen molar-refractivity contribution in [3.63, 3.8) is 0 Å². The molecule has 0 radical (unpaired) electrons. The second kappa shape index (κ2) is 11.4. The highest BCUT2D eigenvalue weighted by atomic mass is 35.5. The van der Waals surface area contributed by atoms with Crippen molar-refractivity contribution in [2.75, 3.05) is 46.1 Å². The van der Waals surface area contributed by atoms with E-state index in [0.717, 1.165) is 63.7 Å². The largest absolute Gasteiger partial charge is 0.454 e. The third-order valence-electron chi connectivity index (χ3n) is 6.46. The number of rotatable bonds is 5. The van der Waals surface area contributed by atoms with Crippen LogP contribution in [0.25, 0.3) is 0 Å². The van der Waals surface area contributed by atoms with Crippen molar-refractivity contribution in [2.24, 2.45) is 0 Å². The molecule has 33 heavy (non-hydrogen) atoms. The molecule has 1 unspecified atom stereocenters. The van der Waals surface area contributed by atoms with Crippen LogP contribution in [0.15, 0.2) is 33.9 Å². The van der Waals surface area contributed by atoms with Gasteiger partial charge < -0.3 is 14.5 Å². The number of likely N-dealkylation sites (tertiary alicyclic amines) is 1. The second-order valence-corrected chi connectivity index (χ2v) is 8.64. The standard InChI is InChI=1S/C22H29N5O4.2ClH/c28-21-11-17(23-22(29)24-21)13-26-5-1-2-18(14-26)27-8-6-25(7-9-27)12-16-3-4-19-20(10-16)31-15-30-19;;/h3-4,10-11,18H,1-2,5-9,12-15H2,(H2,23,24,28,29);2*1H. The molecule has 4 heterocycles. The number of H-pyrrole nitrogens is 2. The minimum atomic E-state index is -0.436. The van der Waals surface area contributed by atoms with Gasteiger partial charge in [0.1, 0.15) is 0 Å². The van der Waals surface area contributed by atoms with Crippen LogP contribution < -0.4 is 20.7 Å². The summed E-state index contributed by atoms with van der Waals surface area (Å²) in [5, 5.41) is 0. The Morgan fingerprint density at radius 2 is 1.67 bits per heavy atom. The van der Waals surface area contributed by atoms with Crippen LogP contribution in [-0.4, -0.2) is 76.8 Å². The van der Waals surface area contributed by atoms with Crippen molar-refractivity contribution in [3.8, 4) is 11.5 Å². The van der Waals surface area contributed by atoms with E-state index in [2.05, 4.69) is 36.8 Å². The summed E-state index contributed by atoms with van der Waals surface area (Å²) in [6.07, 6.45) is 2.33. The summed E-state index contributed by atoms with van der Waals surface area (Å²) in [5.74, 6) is 1.68. The van der Waals surface area contributed by atoms with E-state index in [1.807, 2.05) is 6.07 Å². The molecule has 0 bridgehead atoms. The van der Waals surface area contributed by atoms with Crippen LogP contribution in [-0.2, 0) is 13.1 Å². The number of fused-ring (bicyclic) bond motifs is 1. The van der Waals surface area contributed by atoms with Gasteiger partial charge in [0.05, 0.1) is 0 Å². The Balaban J connectivity index is 0.00000153. The van der Waals surface area contributed by atoms with Gasteiger partial charge in [0.15, 0.2) is 11.5 Å². The number of ether oxygens (including phenoxy) is 2. The normalized spacial score (nSPS) is 21.3.